The predicted octanol–water partition coefficient (Wildman–Crippen LogP) is 2.79. The van der Waals surface area contributed by atoms with Gasteiger partial charge in [-0.2, -0.15) is 0 Å². The van der Waals surface area contributed by atoms with Crippen LogP contribution in [0, 0.1) is 20.8 Å². The van der Waals surface area contributed by atoms with Gasteiger partial charge in [0.1, 0.15) is 17.1 Å². The van der Waals surface area contributed by atoms with Crippen molar-refractivity contribution < 1.29 is 28.3 Å². The van der Waals surface area contributed by atoms with E-state index in [1.807, 2.05) is 0 Å². The van der Waals surface area contributed by atoms with Crippen LogP contribution in [-0.2, 0) is 14.3 Å². The molecule has 2 aromatic rings. The topological polar surface area (TPSA) is 94.8 Å². The first kappa shape index (κ1) is 18.3. The van der Waals surface area contributed by atoms with E-state index in [0.29, 0.717) is 33.9 Å². The Morgan fingerprint density at radius 1 is 1.08 bits per heavy atom. The maximum Gasteiger partial charge on any atom is 0.342 e. The summed E-state index contributed by atoms with van der Waals surface area (Å²) in [5.74, 6) is -0.570. The molecule has 1 N–H and O–H groups in total. The average Bonchev–Trinajstić information content (AvgIpc) is 2.84. The lowest BCUT2D eigenvalue weighted by Crippen LogP contribution is -2.21. The fourth-order valence-electron chi connectivity index (χ4n) is 2.34. The molecule has 1 aromatic carbocycles. The van der Waals surface area contributed by atoms with Crippen molar-refractivity contribution in [3.63, 3.8) is 0 Å². The summed E-state index contributed by atoms with van der Waals surface area (Å²) in [6, 6.07) is 6.25. The van der Waals surface area contributed by atoms with E-state index in [1.165, 1.54) is 13.2 Å². The van der Waals surface area contributed by atoms with Gasteiger partial charge in [0.05, 0.1) is 12.7 Å². The number of carbonyl (C=O) groups is 3. The first-order valence-corrected chi connectivity index (χ1v) is 7.55. The number of carbonyl (C=O) groups excluding carboxylic acids is 3. The molecule has 2 rings (SSSR count). The third-order valence-electron chi connectivity index (χ3n) is 3.67. The Hall–Kier alpha value is -3.09. The zero-order chi connectivity index (χ0) is 18.6. The molecular formula is C18H19NO6. The molecule has 0 aliphatic rings. The zero-order valence-corrected chi connectivity index (χ0v) is 14.5. The van der Waals surface area contributed by atoms with Crippen LogP contribution in [0.25, 0.3) is 0 Å². The number of aryl methyl sites for hydroxylation is 2. The highest BCUT2D eigenvalue weighted by atomic mass is 16.5. The number of hydrogen-bond donors (Lipinski definition) is 1. The molecule has 0 atom stereocenters. The van der Waals surface area contributed by atoms with Crippen molar-refractivity contribution >= 4 is 23.5 Å². The van der Waals surface area contributed by atoms with Gasteiger partial charge in [-0.3, -0.25) is 4.79 Å². The number of furan rings is 1. The minimum Gasteiger partial charge on any atom is -0.465 e. The van der Waals surface area contributed by atoms with Gasteiger partial charge in [0.2, 0.25) is 0 Å². The largest absolute Gasteiger partial charge is 0.465 e. The molecule has 0 aliphatic carbocycles. The van der Waals surface area contributed by atoms with Gasteiger partial charge in [0.25, 0.3) is 5.91 Å². The van der Waals surface area contributed by atoms with E-state index in [9.17, 15) is 14.4 Å². The number of anilines is 1. The number of ether oxygens (including phenoxy) is 2. The fourth-order valence-corrected chi connectivity index (χ4v) is 2.34. The number of amides is 1. The number of nitrogens with one attached hydrogen (secondary N) is 1. The van der Waals surface area contributed by atoms with E-state index in [0.717, 1.165) is 0 Å². The Labute approximate surface area is 144 Å². The summed E-state index contributed by atoms with van der Waals surface area (Å²) in [6.07, 6.45) is 0. The SMILES string of the molecule is COC(=O)c1cccc(NC(=O)COC(=O)c2c(C)oc(C)c2C)c1. The fraction of sp³-hybridized carbons (Fsp3) is 0.278. The van der Waals surface area contributed by atoms with E-state index in [1.54, 1.807) is 39.0 Å². The maximum absolute atomic E-state index is 12.1. The Morgan fingerprint density at radius 2 is 1.80 bits per heavy atom. The van der Waals surface area contributed by atoms with Gasteiger partial charge >= 0.3 is 11.9 Å². The molecule has 0 spiro atoms. The van der Waals surface area contributed by atoms with Crippen LogP contribution in [0.4, 0.5) is 5.69 Å². The number of esters is 2. The molecule has 0 aliphatic heterocycles. The number of hydrogen-bond acceptors (Lipinski definition) is 6. The number of benzene rings is 1. The molecule has 0 bridgehead atoms. The monoisotopic (exact) mass is 345 g/mol. The third kappa shape index (κ3) is 4.26. The molecule has 1 aromatic heterocycles. The van der Waals surface area contributed by atoms with E-state index in [4.69, 9.17) is 9.15 Å². The molecule has 0 saturated carbocycles. The first-order chi connectivity index (χ1) is 11.8. The van der Waals surface area contributed by atoms with Gasteiger partial charge in [0.15, 0.2) is 6.61 Å². The van der Waals surface area contributed by atoms with Crippen LogP contribution < -0.4 is 5.32 Å². The molecule has 25 heavy (non-hydrogen) atoms. The van der Waals surface area contributed by atoms with E-state index >= 15 is 0 Å². The summed E-state index contributed by atoms with van der Waals surface area (Å²) in [5, 5.41) is 2.56. The quantitative estimate of drug-likeness (QED) is 0.837. The Bertz CT molecular complexity index is 821. The van der Waals surface area contributed by atoms with Crippen LogP contribution in [0.15, 0.2) is 28.7 Å². The molecule has 0 fully saturated rings. The van der Waals surface area contributed by atoms with Gasteiger partial charge in [-0.1, -0.05) is 6.07 Å². The highest BCUT2D eigenvalue weighted by molar-refractivity contribution is 5.97. The molecule has 0 unspecified atom stereocenters. The van der Waals surface area contributed by atoms with Crippen molar-refractivity contribution in [3.05, 3.63) is 52.5 Å². The summed E-state index contributed by atoms with van der Waals surface area (Å²) < 4.78 is 15.0. The van der Waals surface area contributed by atoms with Crippen LogP contribution >= 0.6 is 0 Å². The molecule has 1 heterocycles. The summed E-state index contributed by atoms with van der Waals surface area (Å²) in [4.78, 5) is 35.5. The Morgan fingerprint density at radius 3 is 2.40 bits per heavy atom. The lowest BCUT2D eigenvalue weighted by atomic mass is 10.1. The van der Waals surface area contributed by atoms with Crippen molar-refractivity contribution in [1.82, 2.24) is 0 Å². The van der Waals surface area contributed by atoms with Crippen molar-refractivity contribution in [2.75, 3.05) is 19.0 Å². The van der Waals surface area contributed by atoms with E-state index in [2.05, 4.69) is 10.1 Å². The second-order valence-corrected chi connectivity index (χ2v) is 5.41. The summed E-state index contributed by atoms with van der Waals surface area (Å²) in [6.45, 7) is 4.71. The van der Waals surface area contributed by atoms with Crippen molar-refractivity contribution in [1.29, 1.82) is 0 Å². The lowest BCUT2D eigenvalue weighted by Gasteiger charge is -2.08. The predicted molar refractivity (Wildman–Crippen MR) is 89.6 cm³/mol. The first-order valence-electron chi connectivity index (χ1n) is 7.55. The normalized spacial score (nSPS) is 10.2. The standard InChI is InChI=1S/C18H19NO6/c1-10-11(2)25-12(3)16(10)18(22)24-9-15(20)19-14-7-5-6-13(8-14)17(21)23-4/h5-8H,9H2,1-4H3,(H,19,20). The minimum absolute atomic E-state index is 0.303. The minimum atomic E-state index is -0.620. The maximum atomic E-state index is 12.1. The molecule has 7 heteroatoms. The summed E-state index contributed by atoms with van der Waals surface area (Å²) in [7, 11) is 1.27. The molecule has 1 amide bonds. The molecular weight excluding hydrogens is 326 g/mol. The number of methoxy groups -OCH3 is 1. The van der Waals surface area contributed by atoms with Crippen molar-refractivity contribution in [2.45, 2.75) is 20.8 Å². The smallest absolute Gasteiger partial charge is 0.342 e. The van der Waals surface area contributed by atoms with Crippen LogP contribution in [0.5, 0.6) is 0 Å². The molecule has 0 radical (unpaired) electrons. The van der Waals surface area contributed by atoms with Gasteiger partial charge in [-0.25, -0.2) is 9.59 Å². The molecule has 132 valence electrons. The van der Waals surface area contributed by atoms with Gasteiger partial charge in [-0.05, 0) is 39.0 Å². The van der Waals surface area contributed by atoms with Gasteiger partial charge < -0.3 is 19.2 Å². The highest BCUT2D eigenvalue weighted by Gasteiger charge is 2.20. The average molecular weight is 345 g/mol. The van der Waals surface area contributed by atoms with Gasteiger partial charge in [-0.15, -0.1) is 0 Å². The van der Waals surface area contributed by atoms with Crippen molar-refractivity contribution in [2.24, 2.45) is 0 Å². The summed E-state index contributed by atoms with van der Waals surface area (Å²) in [5.41, 5.74) is 1.72. The summed E-state index contributed by atoms with van der Waals surface area (Å²) >= 11 is 0. The van der Waals surface area contributed by atoms with Crippen LogP contribution in [0.3, 0.4) is 0 Å². The lowest BCUT2D eigenvalue weighted by molar-refractivity contribution is -0.119. The number of rotatable bonds is 5. The highest BCUT2D eigenvalue weighted by Crippen LogP contribution is 2.21. The van der Waals surface area contributed by atoms with Crippen LogP contribution in [-0.4, -0.2) is 31.6 Å². The Balaban J connectivity index is 1.97. The van der Waals surface area contributed by atoms with Crippen LogP contribution in [0.1, 0.15) is 37.8 Å². The Kier molecular flexibility index (Phi) is 5.59. The second-order valence-electron chi connectivity index (χ2n) is 5.41. The van der Waals surface area contributed by atoms with Crippen LogP contribution in [0.2, 0.25) is 0 Å². The second kappa shape index (κ2) is 7.65. The molecule has 7 nitrogen and oxygen atoms in total. The third-order valence-corrected chi connectivity index (χ3v) is 3.67. The zero-order valence-electron chi connectivity index (χ0n) is 14.5. The van der Waals surface area contributed by atoms with Crippen molar-refractivity contribution in [3.8, 4) is 0 Å². The van der Waals surface area contributed by atoms with E-state index in [-0.39, 0.29) is 0 Å². The molecule has 0 saturated heterocycles. The van der Waals surface area contributed by atoms with Gasteiger partial charge in [0, 0.05) is 11.3 Å². The van der Waals surface area contributed by atoms with E-state index < -0.39 is 24.5 Å².